The smallest absolute Gasteiger partial charge is 0.193 e. The first-order valence-electron chi connectivity index (χ1n) is 6.89. The molecule has 21 heavy (non-hydrogen) atoms. The Labute approximate surface area is 129 Å². The average molecular weight is 305 g/mol. The Kier molecular flexibility index (Phi) is 4.96. The molecule has 1 heterocycles. The lowest BCUT2D eigenvalue weighted by atomic mass is 10.1. The van der Waals surface area contributed by atoms with E-state index < -0.39 is 0 Å². The fourth-order valence-corrected chi connectivity index (χ4v) is 3.08. The predicted octanol–water partition coefficient (Wildman–Crippen LogP) is 3.97. The van der Waals surface area contributed by atoms with Crippen molar-refractivity contribution in [2.45, 2.75) is 43.8 Å². The van der Waals surface area contributed by atoms with Crippen molar-refractivity contribution in [3.63, 3.8) is 0 Å². The van der Waals surface area contributed by atoms with Crippen molar-refractivity contribution in [2.75, 3.05) is 7.05 Å². The highest BCUT2D eigenvalue weighted by Crippen LogP contribution is 2.34. The van der Waals surface area contributed by atoms with Crippen LogP contribution in [0, 0.1) is 26.6 Å². The number of nitrogens with one attached hydrogen (secondary N) is 1. The summed E-state index contributed by atoms with van der Waals surface area (Å²) in [5.41, 5.74) is 3.87. The maximum atomic E-state index is 14.2. The number of benzene rings is 1. The molecule has 3 nitrogen and oxygen atoms in total. The topological polar surface area (TPSA) is 37.8 Å². The second-order valence-electron chi connectivity index (χ2n) is 5.07. The van der Waals surface area contributed by atoms with Gasteiger partial charge in [0.1, 0.15) is 5.82 Å². The number of halogens is 1. The van der Waals surface area contributed by atoms with Crippen molar-refractivity contribution in [1.82, 2.24) is 15.3 Å². The average Bonchev–Trinajstić information content (AvgIpc) is 2.46. The van der Waals surface area contributed by atoms with Gasteiger partial charge in [-0.05, 0) is 63.7 Å². The first kappa shape index (κ1) is 15.9. The minimum atomic E-state index is -0.237. The molecule has 1 unspecified atom stereocenters. The molecule has 2 rings (SSSR count). The third-order valence-corrected chi connectivity index (χ3v) is 4.70. The van der Waals surface area contributed by atoms with Crippen LogP contribution in [0.25, 0.3) is 0 Å². The highest BCUT2D eigenvalue weighted by molar-refractivity contribution is 7.99. The lowest BCUT2D eigenvalue weighted by molar-refractivity contribution is 0.575. The highest BCUT2D eigenvalue weighted by atomic mass is 32.2. The summed E-state index contributed by atoms with van der Waals surface area (Å²) in [7, 11) is 1.86. The van der Waals surface area contributed by atoms with Gasteiger partial charge in [0, 0.05) is 17.4 Å². The van der Waals surface area contributed by atoms with E-state index >= 15 is 0 Å². The molecule has 112 valence electrons. The summed E-state index contributed by atoms with van der Waals surface area (Å²) in [4.78, 5) is 9.51. The van der Waals surface area contributed by atoms with Gasteiger partial charge in [-0.1, -0.05) is 12.1 Å². The van der Waals surface area contributed by atoms with E-state index in [-0.39, 0.29) is 11.9 Å². The van der Waals surface area contributed by atoms with Crippen molar-refractivity contribution in [3.8, 4) is 0 Å². The van der Waals surface area contributed by atoms with Crippen LogP contribution in [0.3, 0.4) is 0 Å². The number of nitrogens with zero attached hydrogens (tertiary/aromatic N) is 2. The first-order valence-corrected chi connectivity index (χ1v) is 7.71. The van der Waals surface area contributed by atoms with E-state index in [9.17, 15) is 4.39 Å². The summed E-state index contributed by atoms with van der Waals surface area (Å²) in [6, 6.07) is 5.20. The second-order valence-corrected chi connectivity index (χ2v) is 6.05. The van der Waals surface area contributed by atoms with Crippen molar-refractivity contribution in [1.29, 1.82) is 0 Å². The molecule has 0 spiro atoms. The van der Waals surface area contributed by atoms with Crippen LogP contribution in [0.15, 0.2) is 28.3 Å². The van der Waals surface area contributed by atoms with Crippen molar-refractivity contribution < 1.29 is 4.39 Å². The van der Waals surface area contributed by atoms with E-state index in [2.05, 4.69) is 15.3 Å². The van der Waals surface area contributed by atoms with Gasteiger partial charge in [0.2, 0.25) is 0 Å². The molecular weight excluding hydrogens is 285 g/mol. The van der Waals surface area contributed by atoms with Crippen LogP contribution in [-0.4, -0.2) is 17.0 Å². The summed E-state index contributed by atoms with van der Waals surface area (Å²) in [5, 5.41) is 3.73. The van der Waals surface area contributed by atoms with Gasteiger partial charge < -0.3 is 5.32 Å². The molecule has 1 atom stereocenters. The summed E-state index contributed by atoms with van der Waals surface area (Å²) in [6.07, 6.45) is 0. The van der Waals surface area contributed by atoms with Crippen LogP contribution in [0.1, 0.15) is 35.5 Å². The largest absolute Gasteiger partial charge is 0.313 e. The molecule has 0 saturated carbocycles. The second kappa shape index (κ2) is 6.54. The Morgan fingerprint density at radius 2 is 1.76 bits per heavy atom. The fourth-order valence-electron chi connectivity index (χ4n) is 2.01. The maximum Gasteiger partial charge on any atom is 0.193 e. The minimum Gasteiger partial charge on any atom is -0.313 e. The van der Waals surface area contributed by atoms with Crippen LogP contribution >= 0.6 is 11.8 Å². The highest BCUT2D eigenvalue weighted by Gasteiger charge is 2.16. The summed E-state index contributed by atoms with van der Waals surface area (Å²) < 4.78 is 14.2. The van der Waals surface area contributed by atoms with Crippen molar-refractivity contribution in [3.05, 3.63) is 46.5 Å². The number of hydrogen-bond acceptors (Lipinski definition) is 4. The molecule has 0 aliphatic rings. The lowest BCUT2D eigenvalue weighted by Crippen LogP contribution is -2.13. The van der Waals surface area contributed by atoms with Gasteiger partial charge in [0.15, 0.2) is 5.16 Å². The van der Waals surface area contributed by atoms with E-state index in [0.29, 0.717) is 10.1 Å². The maximum absolute atomic E-state index is 14.2. The normalized spacial score (nSPS) is 12.5. The van der Waals surface area contributed by atoms with Gasteiger partial charge in [-0.2, -0.15) is 0 Å². The summed E-state index contributed by atoms with van der Waals surface area (Å²) >= 11 is 1.28. The molecule has 0 fully saturated rings. The van der Waals surface area contributed by atoms with Gasteiger partial charge in [-0.15, -0.1) is 0 Å². The molecule has 0 saturated heterocycles. The molecule has 0 amide bonds. The molecule has 1 N–H and O–H groups in total. The van der Waals surface area contributed by atoms with Gasteiger partial charge in [0.05, 0.1) is 4.90 Å². The molecule has 1 aromatic carbocycles. The fraction of sp³-hybridized carbons (Fsp3) is 0.375. The molecule has 2 aromatic rings. The predicted molar refractivity (Wildman–Crippen MR) is 84.2 cm³/mol. The van der Waals surface area contributed by atoms with Gasteiger partial charge in [0.25, 0.3) is 0 Å². The Balaban J connectivity index is 2.44. The molecule has 0 bridgehead atoms. The third kappa shape index (κ3) is 3.41. The molecule has 0 aliphatic heterocycles. The van der Waals surface area contributed by atoms with E-state index in [4.69, 9.17) is 0 Å². The Hall–Kier alpha value is -1.46. The monoisotopic (exact) mass is 305 g/mol. The summed E-state index contributed by atoms with van der Waals surface area (Å²) in [6.45, 7) is 7.90. The number of aromatic nitrogens is 2. The Morgan fingerprint density at radius 1 is 1.14 bits per heavy atom. The zero-order chi connectivity index (χ0) is 15.6. The Morgan fingerprint density at radius 3 is 2.33 bits per heavy atom. The SMILES string of the molecule is CNC(C)c1cccc(F)c1Sc1nc(C)c(C)c(C)n1. The van der Waals surface area contributed by atoms with Crippen LogP contribution in [-0.2, 0) is 0 Å². The molecule has 5 heteroatoms. The van der Waals surface area contributed by atoms with Crippen LogP contribution < -0.4 is 5.32 Å². The standard InChI is InChI=1S/C16H20FN3S/c1-9-10(2)19-16(20-11(9)3)21-15-13(12(4)18-5)7-6-8-14(15)17/h6-8,12,18H,1-5H3. The van der Waals surface area contributed by atoms with Gasteiger partial charge in [-0.3, -0.25) is 0 Å². The van der Waals surface area contributed by atoms with E-state index in [1.807, 2.05) is 40.8 Å². The van der Waals surface area contributed by atoms with Gasteiger partial charge in [-0.25, -0.2) is 14.4 Å². The lowest BCUT2D eigenvalue weighted by Gasteiger charge is -2.16. The molecular formula is C16H20FN3S. The minimum absolute atomic E-state index is 0.0656. The number of hydrogen-bond donors (Lipinski definition) is 1. The van der Waals surface area contributed by atoms with E-state index in [1.54, 1.807) is 6.07 Å². The zero-order valence-corrected chi connectivity index (χ0v) is 13.8. The Bertz CT molecular complexity index is 635. The number of aryl methyl sites for hydroxylation is 2. The van der Waals surface area contributed by atoms with E-state index in [0.717, 1.165) is 22.5 Å². The number of rotatable bonds is 4. The molecule has 1 aromatic heterocycles. The first-order chi connectivity index (χ1) is 9.93. The van der Waals surface area contributed by atoms with Crippen LogP contribution in [0.5, 0.6) is 0 Å². The van der Waals surface area contributed by atoms with Crippen molar-refractivity contribution >= 4 is 11.8 Å². The van der Waals surface area contributed by atoms with E-state index in [1.165, 1.54) is 17.8 Å². The van der Waals surface area contributed by atoms with Crippen molar-refractivity contribution in [2.24, 2.45) is 0 Å². The van der Waals surface area contributed by atoms with Crippen LogP contribution in [0.2, 0.25) is 0 Å². The van der Waals surface area contributed by atoms with Gasteiger partial charge >= 0.3 is 0 Å². The zero-order valence-electron chi connectivity index (χ0n) is 13.0. The summed E-state index contributed by atoms with van der Waals surface area (Å²) in [5.74, 6) is -0.237. The molecule has 0 aliphatic carbocycles. The van der Waals surface area contributed by atoms with Crippen LogP contribution in [0.4, 0.5) is 4.39 Å². The molecule has 0 radical (unpaired) electrons. The quantitative estimate of drug-likeness (QED) is 0.867. The third-order valence-electron chi connectivity index (χ3n) is 3.70.